The molecule has 1 heterocycles. The fraction of sp³-hybridized carbons (Fsp3) is 0.400. The van der Waals surface area contributed by atoms with Gasteiger partial charge in [-0.1, -0.05) is 31.5 Å². The predicted octanol–water partition coefficient (Wildman–Crippen LogP) is 3.00. The summed E-state index contributed by atoms with van der Waals surface area (Å²) >= 11 is 0. The van der Waals surface area contributed by atoms with Crippen LogP contribution in [-0.4, -0.2) is 24.7 Å². The molecule has 0 saturated carbocycles. The van der Waals surface area contributed by atoms with Crippen LogP contribution in [0.25, 0.3) is 10.9 Å². The molecule has 1 atom stereocenters. The smallest absolute Gasteiger partial charge is 0.138 e. The number of likely N-dealkylation sites (N-methyl/N-ethyl adjacent to an activating group) is 1. The zero-order chi connectivity index (χ0) is 12.8. The van der Waals surface area contributed by atoms with Crippen LogP contribution < -0.4 is 10.1 Å². The Hall–Kier alpha value is -1.61. The van der Waals surface area contributed by atoms with Crippen molar-refractivity contribution in [2.75, 3.05) is 13.6 Å². The first-order chi connectivity index (χ1) is 8.83. The molecule has 2 aromatic rings. The molecule has 0 aliphatic carbocycles. The van der Waals surface area contributed by atoms with Crippen molar-refractivity contribution in [2.45, 2.75) is 25.9 Å². The number of ether oxygens (including phenoxy) is 1. The Bertz CT molecular complexity index is 493. The van der Waals surface area contributed by atoms with Crippen molar-refractivity contribution in [1.29, 1.82) is 0 Å². The lowest BCUT2D eigenvalue weighted by molar-refractivity contribution is 0.189. The van der Waals surface area contributed by atoms with Crippen LogP contribution in [0.3, 0.4) is 0 Å². The second-order valence-electron chi connectivity index (χ2n) is 4.45. The number of rotatable bonds is 6. The third-order valence-corrected chi connectivity index (χ3v) is 2.91. The lowest BCUT2D eigenvalue weighted by Gasteiger charge is -2.18. The maximum Gasteiger partial charge on any atom is 0.138 e. The first-order valence-electron chi connectivity index (χ1n) is 6.49. The van der Waals surface area contributed by atoms with Crippen molar-refractivity contribution < 1.29 is 4.74 Å². The van der Waals surface area contributed by atoms with E-state index in [9.17, 15) is 0 Å². The molecule has 18 heavy (non-hydrogen) atoms. The van der Waals surface area contributed by atoms with Crippen LogP contribution in [-0.2, 0) is 0 Å². The number of hydrogen-bond donors (Lipinski definition) is 1. The molecule has 0 saturated heterocycles. The van der Waals surface area contributed by atoms with Crippen molar-refractivity contribution in [3.63, 3.8) is 0 Å². The number of aromatic nitrogens is 1. The summed E-state index contributed by atoms with van der Waals surface area (Å²) < 4.78 is 5.98. The fourth-order valence-electron chi connectivity index (χ4n) is 2.06. The molecule has 0 bridgehead atoms. The Morgan fingerprint density at radius 1 is 1.33 bits per heavy atom. The molecule has 1 N–H and O–H groups in total. The third kappa shape index (κ3) is 3.20. The van der Waals surface area contributed by atoms with Gasteiger partial charge in [0.25, 0.3) is 0 Å². The highest BCUT2D eigenvalue weighted by atomic mass is 16.5. The summed E-state index contributed by atoms with van der Waals surface area (Å²) in [6, 6.07) is 10.1. The molecule has 96 valence electrons. The van der Waals surface area contributed by atoms with Gasteiger partial charge in [0.2, 0.25) is 0 Å². The van der Waals surface area contributed by atoms with Crippen molar-refractivity contribution in [1.82, 2.24) is 10.3 Å². The molecular weight excluding hydrogens is 224 g/mol. The molecule has 0 radical (unpaired) electrons. The van der Waals surface area contributed by atoms with E-state index in [0.29, 0.717) is 0 Å². The fourth-order valence-corrected chi connectivity index (χ4v) is 2.06. The van der Waals surface area contributed by atoms with Crippen LogP contribution >= 0.6 is 0 Å². The van der Waals surface area contributed by atoms with Crippen molar-refractivity contribution in [2.24, 2.45) is 0 Å². The van der Waals surface area contributed by atoms with E-state index in [2.05, 4.69) is 29.4 Å². The topological polar surface area (TPSA) is 34.1 Å². The van der Waals surface area contributed by atoms with Gasteiger partial charge in [-0.15, -0.1) is 0 Å². The Morgan fingerprint density at radius 3 is 2.94 bits per heavy atom. The minimum absolute atomic E-state index is 0.211. The molecule has 3 heteroatoms. The molecule has 3 nitrogen and oxygen atoms in total. The Balaban J connectivity index is 2.14. The second-order valence-corrected chi connectivity index (χ2v) is 4.45. The second kappa shape index (κ2) is 6.36. The first-order valence-corrected chi connectivity index (χ1v) is 6.49. The van der Waals surface area contributed by atoms with Gasteiger partial charge in [0.1, 0.15) is 11.9 Å². The van der Waals surface area contributed by atoms with Crippen molar-refractivity contribution in [3.05, 3.63) is 36.5 Å². The van der Waals surface area contributed by atoms with Crippen LogP contribution in [0.4, 0.5) is 0 Å². The standard InChI is InChI=1S/C15H20N2O/c1-3-6-13(10-16-2)18-14-9-12-7-4-5-8-15(12)17-11-14/h4-5,7-9,11,13,16H,3,6,10H2,1-2H3. The summed E-state index contributed by atoms with van der Waals surface area (Å²) in [5, 5.41) is 4.28. The zero-order valence-corrected chi connectivity index (χ0v) is 11.0. The number of para-hydroxylation sites is 1. The summed E-state index contributed by atoms with van der Waals surface area (Å²) in [5.41, 5.74) is 1.01. The average molecular weight is 244 g/mol. The number of fused-ring (bicyclic) bond motifs is 1. The maximum absolute atomic E-state index is 5.98. The average Bonchev–Trinajstić information content (AvgIpc) is 2.39. The summed E-state index contributed by atoms with van der Waals surface area (Å²) in [6.07, 6.45) is 4.18. The molecule has 0 aliphatic heterocycles. The van der Waals surface area contributed by atoms with Crippen LogP contribution in [0.1, 0.15) is 19.8 Å². The molecule has 2 rings (SSSR count). The minimum atomic E-state index is 0.211. The first kappa shape index (κ1) is 12.8. The monoisotopic (exact) mass is 244 g/mol. The van der Waals surface area contributed by atoms with Gasteiger partial charge in [-0.2, -0.15) is 0 Å². The quantitative estimate of drug-likeness (QED) is 0.848. The number of nitrogens with zero attached hydrogens (tertiary/aromatic N) is 1. The van der Waals surface area contributed by atoms with Gasteiger partial charge in [0, 0.05) is 11.9 Å². The van der Waals surface area contributed by atoms with E-state index in [4.69, 9.17) is 4.74 Å². The number of benzene rings is 1. The van der Waals surface area contributed by atoms with E-state index >= 15 is 0 Å². The van der Waals surface area contributed by atoms with E-state index in [1.165, 1.54) is 0 Å². The largest absolute Gasteiger partial charge is 0.487 e. The minimum Gasteiger partial charge on any atom is -0.487 e. The SMILES string of the molecule is CCCC(CNC)Oc1cnc2ccccc2c1. The van der Waals surface area contributed by atoms with Gasteiger partial charge >= 0.3 is 0 Å². The number of pyridine rings is 1. The summed E-state index contributed by atoms with van der Waals surface area (Å²) in [4.78, 5) is 4.41. The summed E-state index contributed by atoms with van der Waals surface area (Å²) in [5.74, 6) is 0.849. The van der Waals surface area contributed by atoms with Gasteiger partial charge in [-0.3, -0.25) is 4.98 Å². The van der Waals surface area contributed by atoms with Gasteiger partial charge in [-0.25, -0.2) is 0 Å². The third-order valence-electron chi connectivity index (χ3n) is 2.91. The van der Waals surface area contributed by atoms with Crippen LogP contribution in [0, 0.1) is 0 Å². The molecule has 1 aromatic carbocycles. The van der Waals surface area contributed by atoms with E-state index < -0.39 is 0 Å². The molecular formula is C15H20N2O. The van der Waals surface area contributed by atoms with Gasteiger partial charge in [-0.05, 0) is 25.6 Å². The van der Waals surface area contributed by atoms with Crippen LogP contribution in [0.5, 0.6) is 5.75 Å². The highest BCUT2D eigenvalue weighted by Gasteiger charge is 2.09. The van der Waals surface area contributed by atoms with E-state index in [1.807, 2.05) is 25.2 Å². The van der Waals surface area contributed by atoms with Crippen LogP contribution in [0.15, 0.2) is 36.5 Å². The molecule has 1 aromatic heterocycles. The Labute approximate surface area is 108 Å². The van der Waals surface area contributed by atoms with E-state index in [0.717, 1.165) is 36.0 Å². The van der Waals surface area contributed by atoms with Gasteiger partial charge < -0.3 is 10.1 Å². The normalized spacial score (nSPS) is 12.6. The molecule has 1 unspecified atom stereocenters. The molecule has 0 aliphatic rings. The highest BCUT2D eigenvalue weighted by Crippen LogP contribution is 2.19. The summed E-state index contributed by atoms with van der Waals surface area (Å²) in [6.45, 7) is 3.03. The lowest BCUT2D eigenvalue weighted by Crippen LogP contribution is -2.29. The number of hydrogen-bond acceptors (Lipinski definition) is 3. The highest BCUT2D eigenvalue weighted by molar-refractivity contribution is 5.79. The lowest BCUT2D eigenvalue weighted by atomic mass is 10.2. The zero-order valence-electron chi connectivity index (χ0n) is 11.0. The van der Waals surface area contributed by atoms with Crippen molar-refractivity contribution in [3.8, 4) is 5.75 Å². The van der Waals surface area contributed by atoms with Gasteiger partial charge in [0.05, 0.1) is 11.7 Å². The molecule has 0 amide bonds. The van der Waals surface area contributed by atoms with E-state index in [1.54, 1.807) is 6.20 Å². The van der Waals surface area contributed by atoms with Gasteiger partial charge in [0.15, 0.2) is 0 Å². The summed E-state index contributed by atoms with van der Waals surface area (Å²) in [7, 11) is 1.95. The Kier molecular flexibility index (Phi) is 4.53. The maximum atomic E-state index is 5.98. The molecule has 0 spiro atoms. The Morgan fingerprint density at radius 2 is 2.17 bits per heavy atom. The van der Waals surface area contributed by atoms with Crippen LogP contribution in [0.2, 0.25) is 0 Å². The predicted molar refractivity (Wildman–Crippen MR) is 75.0 cm³/mol. The number of nitrogens with one attached hydrogen (secondary N) is 1. The van der Waals surface area contributed by atoms with E-state index in [-0.39, 0.29) is 6.10 Å². The molecule has 0 fully saturated rings. The van der Waals surface area contributed by atoms with Crippen molar-refractivity contribution >= 4 is 10.9 Å².